The predicted molar refractivity (Wildman–Crippen MR) is 280 cm³/mol. The molecule has 0 saturated carbocycles. The van der Waals surface area contributed by atoms with Gasteiger partial charge in [-0.2, -0.15) is 0 Å². The van der Waals surface area contributed by atoms with Gasteiger partial charge in [-0.3, -0.25) is 0 Å². The highest BCUT2D eigenvalue weighted by Crippen LogP contribution is 2.49. The van der Waals surface area contributed by atoms with E-state index in [1.807, 2.05) is 0 Å². The SMILES string of the molecule is Cc1ccccc1-c1cc(-c2ccc(C(C)(C)C)cc2Nc2ccc(C(C)(C)C)cc2)c2c(c1)N(c1ccc(C(C)(C)C)cc1-c1ccccc1)c1c(ccc3oc4ccccc4c13)[B]2. The standard InChI is InChI=1S/C61H58BN2O/c1-38-18-14-15-21-45(38)40-34-49(46-30-26-43(61(8,9)10)37-51(46)63-44-28-24-41(25-29-44)59(2,3)4)57-53(35-40)64(52-32-27-42(60(5,6)7)36-48(52)39-19-12-11-13-20-39)58-50(62-57)31-33-55-56(58)47-22-16-17-23-54(47)65-55/h11-37,63H,1-10H3. The molecule has 1 aliphatic rings. The first-order valence-corrected chi connectivity index (χ1v) is 23.1. The first-order valence-electron chi connectivity index (χ1n) is 23.1. The van der Waals surface area contributed by atoms with Crippen molar-refractivity contribution in [3.8, 4) is 33.4 Å². The van der Waals surface area contributed by atoms with Gasteiger partial charge >= 0.3 is 0 Å². The van der Waals surface area contributed by atoms with E-state index in [-0.39, 0.29) is 16.2 Å². The third kappa shape index (κ3) is 7.73. The van der Waals surface area contributed by atoms with Crippen LogP contribution in [-0.4, -0.2) is 7.28 Å². The van der Waals surface area contributed by atoms with Crippen molar-refractivity contribution < 1.29 is 4.42 Å². The van der Waals surface area contributed by atoms with Crippen LogP contribution in [0.5, 0.6) is 0 Å². The van der Waals surface area contributed by atoms with E-state index in [9.17, 15) is 0 Å². The molecule has 65 heavy (non-hydrogen) atoms. The van der Waals surface area contributed by atoms with E-state index in [1.54, 1.807) is 0 Å². The Morgan fingerprint density at radius 1 is 0.477 bits per heavy atom. The highest BCUT2D eigenvalue weighted by Gasteiger charge is 2.34. The predicted octanol–water partition coefficient (Wildman–Crippen LogP) is 16.0. The maximum atomic E-state index is 6.66. The lowest BCUT2D eigenvalue weighted by Gasteiger charge is -2.37. The second kappa shape index (κ2) is 15.7. The van der Waals surface area contributed by atoms with Crippen molar-refractivity contribution in [3.05, 3.63) is 186 Å². The highest BCUT2D eigenvalue weighted by atomic mass is 16.3. The number of nitrogens with zero attached hydrogens (tertiary/aromatic N) is 1. The van der Waals surface area contributed by atoms with Gasteiger partial charge in [-0.1, -0.05) is 177 Å². The number of para-hydroxylation sites is 1. The van der Waals surface area contributed by atoms with Gasteiger partial charge in [0.25, 0.3) is 0 Å². The molecule has 0 unspecified atom stereocenters. The van der Waals surface area contributed by atoms with E-state index < -0.39 is 0 Å². The second-order valence-corrected chi connectivity index (χ2v) is 21.0. The minimum absolute atomic E-state index is 0.0531. The Morgan fingerprint density at radius 2 is 1.12 bits per heavy atom. The molecule has 0 amide bonds. The van der Waals surface area contributed by atoms with Gasteiger partial charge in [-0.25, -0.2) is 0 Å². The molecule has 0 spiro atoms. The van der Waals surface area contributed by atoms with Crippen LogP contribution in [0.15, 0.2) is 168 Å². The number of benzene rings is 8. The molecule has 8 aromatic carbocycles. The van der Waals surface area contributed by atoms with Crippen molar-refractivity contribution >= 4 is 68.6 Å². The van der Waals surface area contributed by atoms with Crippen LogP contribution in [0, 0.1) is 6.92 Å². The molecule has 0 saturated heterocycles. The van der Waals surface area contributed by atoms with E-state index in [1.165, 1.54) is 38.9 Å². The van der Waals surface area contributed by atoms with Crippen molar-refractivity contribution in [2.24, 2.45) is 0 Å². The minimum Gasteiger partial charge on any atom is -0.456 e. The van der Waals surface area contributed by atoms with Crippen LogP contribution in [0.4, 0.5) is 28.4 Å². The lowest BCUT2D eigenvalue weighted by molar-refractivity contribution is 0.590. The highest BCUT2D eigenvalue weighted by molar-refractivity contribution is 6.74. The zero-order chi connectivity index (χ0) is 45.4. The van der Waals surface area contributed by atoms with Crippen molar-refractivity contribution in [2.75, 3.05) is 10.2 Å². The summed E-state index contributed by atoms with van der Waals surface area (Å²) in [5.74, 6) is 0. The molecule has 10 rings (SSSR count). The quantitative estimate of drug-likeness (QED) is 0.169. The molecule has 1 aliphatic heterocycles. The average molecular weight is 846 g/mol. The number of hydrogen-bond acceptors (Lipinski definition) is 3. The summed E-state index contributed by atoms with van der Waals surface area (Å²) in [6, 6.07) is 60.5. The Balaban J connectivity index is 1.31. The van der Waals surface area contributed by atoms with Gasteiger partial charge in [0.05, 0.1) is 16.8 Å². The summed E-state index contributed by atoms with van der Waals surface area (Å²) in [7, 11) is 2.42. The molecule has 0 bridgehead atoms. The van der Waals surface area contributed by atoms with Gasteiger partial charge in [0.15, 0.2) is 7.28 Å². The van der Waals surface area contributed by atoms with Crippen molar-refractivity contribution in [1.29, 1.82) is 0 Å². The maximum Gasteiger partial charge on any atom is 0.197 e. The molecule has 0 aliphatic carbocycles. The normalized spacial score (nSPS) is 12.9. The molecule has 9 aromatic rings. The van der Waals surface area contributed by atoms with Crippen LogP contribution < -0.4 is 21.1 Å². The van der Waals surface area contributed by atoms with Crippen LogP contribution in [0.3, 0.4) is 0 Å². The zero-order valence-corrected chi connectivity index (χ0v) is 39.5. The van der Waals surface area contributed by atoms with Gasteiger partial charge in [-0.15, -0.1) is 0 Å². The van der Waals surface area contributed by atoms with Crippen LogP contribution in [0.1, 0.15) is 84.6 Å². The topological polar surface area (TPSA) is 28.4 Å². The molecule has 0 atom stereocenters. The van der Waals surface area contributed by atoms with Crippen molar-refractivity contribution in [3.63, 3.8) is 0 Å². The van der Waals surface area contributed by atoms with Gasteiger partial charge in [0.1, 0.15) is 11.2 Å². The Labute approximate surface area is 386 Å². The summed E-state index contributed by atoms with van der Waals surface area (Å²) in [5, 5.41) is 6.16. The monoisotopic (exact) mass is 845 g/mol. The van der Waals surface area contributed by atoms with Crippen LogP contribution in [0.25, 0.3) is 55.3 Å². The third-order valence-corrected chi connectivity index (χ3v) is 13.3. The fourth-order valence-corrected chi connectivity index (χ4v) is 9.55. The molecule has 2 heterocycles. The smallest absolute Gasteiger partial charge is 0.197 e. The first kappa shape index (κ1) is 42.2. The Hall–Kier alpha value is -6.78. The largest absolute Gasteiger partial charge is 0.456 e. The van der Waals surface area contributed by atoms with Crippen LogP contribution in [-0.2, 0) is 16.2 Å². The number of fused-ring (bicyclic) bond motifs is 6. The Morgan fingerprint density at radius 3 is 1.85 bits per heavy atom. The Bertz CT molecular complexity index is 3260. The third-order valence-electron chi connectivity index (χ3n) is 13.3. The molecule has 1 N–H and O–H groups in total. The van der Waals surface area contributed by atoms with Crippen molar-refractivity contribution in [1.82, 2.24) is 0 Å². The second-order valence-electron chi connectivity index (χ2n) is 21.0. The van der Waals surface area contributed by atoms with E-state index >= 15 is 0 Å². The molecule has 321 valence electrons. The summed E-state index contributed by atoms with van der Waals surface area (Å²) in [5.41, 5.74) is 21.6. The molecule has 1 radical (unpaired) electrons. The average Bonchev–Trinajstić information content (AvgIpc) is 3.67. The van der Waals surface area contributed by atoms with E-state index in [2.05, 4.69) is 251 Å². The zero-order valence-electron chi connectivity index (χ0n) is 39.5. The number of hydrogen-bond donors (Lipinski definition) is 1. The minimum atomic E-state index is -0.0544. The lowest BCUT2D eigenvalue weighted by atomic mass is 9.57. The Kier molecular flexibility index (Phi) is 10.2. The number of furan rings is 1. The summed E-state index contributed by atoms with van der Waals surface area (Å²) in [6.45, 7) is 22.8. The number of anilines is 5. The summed E-state index contributed by atoms with van der Waals surface area (Å²) in [4.78, 5) is 2.55. The number of aryl methyl sites for hydroxylation is 1. The first-order chi connectivity index (χ1) is 31.0. The van der Waals surface area contributed by atoms with Crippen LogP contribution in [0.2, 0.25) is 0 Å². The van der Waals surface area contributed by atoms with Gasteiger partial charge in [0, 0.05) is 33.6 Å². The van der Waals surface area contributed by atoms with E-state index in [4.69, 9.17) is 4.42 Å². The van der Waals surface area contributed by atoms with E-state index in [0.29, 0.717) is 0 Å². The molecule has 3 nitrogen and oxygen atoms in total. The van der Waals surface area contributed by atoms with Crippen LogP contribution >= 0.6 is 0 Å². The number of rotatable bonds is 6. The fraction of sp³-hybridized carbons (Fsp3) is 0.213. The molecular formula is C61H58BN2O. The van der Waals surface area contributed by atoms with Gasteiger partial charge in [0.2, 0.25) is 0 Å². The molecule has 0 fully saturated rings. The number of nitrogens with one attached hydrogen (secondary N) is 1. The molecule has 4 heteroatoms. The molecular weight excluding hydrogens is 787 g/mol. The van der Waals surface area contributed by atoms with Gasteiger partial charge < -0.3 is 14.6 Å². The summed E-state index contributed by atoms with van der Waals surface area (Å²) >= 11 is 0. The van der Waals surface area contributed by atoms with Crippen molar-refractivity contribution in [2.45, 2.75) is 85.5 Å². The lowest BCUT2D eigenvalue weighted by Crippen LogP contribution is -2.41. The van der Waals surface area contributed by atoms with E-state index in [0.717, 1.165) is 78.0 Å². The summed E-state index contributed by atoms with van der Waals surface area (Å²) in [6.07, 6.45) is 0. The maximum absolute atomic E-state index is 6.66. The summed E-state index contributed by atoms with van der Waals surface area (Å²) < 4.78 is 6.66. The molecule has 1 aromatic heterocycles. The fourth-order valence-electron chi connectivity index (χ4n) is 9.55. The van der Waals surface area contributed by atoms with Gasteiger partial charge in [-0.05, 0) is 128 Å².